The molecule has 0 saturated carbocycles. The molecule has 4 nitrogen and oxygen atoms in total. The number of hydrogen-bond donors (Lipinski definition) is 1. The lowest BCUT2D eigenvalue weighted by molar-refractivity contribution is -0.358. The molecule has 0 saturated heterocycles. The first-order valence-electron chi connectivity index (χ1n) is 5.72. The second-order valence-corrected chi connectivity index (χ2v) is 4.01. The summed E-state index contributed by atoms with van der Waals surface area (Å²) in [4.78, 5) is 3.17. The second-order valence-electron chi connectivity index (χ2n) is 4.01. The van der Waals surface area contributed by atoms with Crippen LogP contribution < -0.4 is 10.4 Å². The third-order valence-corrected chi connectivity index (χ3v) is 2.07. The van der Waals surface area contributed by atoms with Crippen LogP contribution in [-0.4, -0.2) is 19.7 Å². The molecule has 0 aromatic heterocycles. The Balaban J connectivity index is 3.93. The van der Waals surface area contributed by atoms with Crippen molar-refractivity contribution in [3.63, 3.8) is 0 Å². The van der Waals surface area contributed by atoms with E-state index >= 15 is 0 Å². The molecule has 0 aromatic rings. The molecule has 4 heteroatoms. The van der Waals surface area contributed by atoms with Gasteiger partial charge < -0.3 is 15.2 Å². The Hall–Kier alpha value is -1.21. The highest BCUT2D eigenvalue weighted by Crippen LogP contribution is 2.06. The lowest BCUT2D eigenvalue weighted by atomic mass is 10.1. The van der Waals surface area contributed by atoms with Crippen LogP contribution in [0.1, 0.15) is 33.6 Å². The minimum atomic E-state index is -0.486. The molecule has 16 heavy (non-hydrogen) atoms. The molecule has 0 radical (unpaired) electrons. The molecule has 0 bridgehead atoms. The summed E-state index contributed by atoms with van der Waals surface area (Å²) in [5.74, 6) is 0.129. The van der Waals surface area contributed by atoms with Gasteiger partial charge in [0.25, 0.3) is 0 Å². The van der Waals surface area contributed by atoms with Crippen molar-refractivity contribution >= 4 is 0 Å². The van der Waals surface area contributed by atoms with Crippen molar-refractivity contribution in [1.82, 2.24) is 5.32 Å². The zero-order valence-corrected chi connectivity index (χ0v) is 10.4. The van der Waals surface area contributed by atoms with Gasteiger partial charge in [-0.15, -0.1) is 0 Å². The summed E-state index contributed by atoms with van der Waals surface area (Å²) in [6.07, 6.45) is 1.89. The fourth-order valence-corrected chi connectivity index (χ4v) is 1.14. The molecule has 0 fully saturated rings. The highest BCUT2D eigenvalue weighted by atomic mass is 16.6. The van der Waals surface area contributed by atoms with Crippen LogP contribution in [0.2, 0.25) is 0 Å². The number of ether oxygens (including phenoxy) is 1. The van der Waals surface area contributed by atoms with Crippen LogP contribution in [0.5, 0.6) is 0 Å². The van der Waals surface area contributed by atoms with E-state index in [2.05, 4.69) is 24.0 Å². The van der Waals surface area contributed by atoms with Gasteiger partial charge >= 0.3 is 0 Å². The average molecular weight is 225 g/mol. The molecule has 1 N–H and O–H groups in total. The first-order valence-corrected chi connectivity index (χ1v) is 5.72. The SMILES string of the molecule is [C-]#[N+]C(CNCC)=C([O-])OCCCC(C)C. The highest BCUT2D eigenvalue weighted by Gasteiger charge is 1.99. The zero-order chi connectivity index (χ0) is 12.4. The van der Waals surface area contributed by atoms with E-state index in [0.717, 1.165) is 19.4 Å². The Morgan fingerprint density at radius 2 is 2.19 bits per heavy atom. The van der Waals surface area contributed by atoms with Crippen LogP contribution in [0.25, 0.3) is 4.85 Å². The molecule has 0 spiro atoms. The van der Waals surface area contributed by atoms with Gasteiger partial charge in [-0.2, -0.15) is 0 Å². The maximum atomic E-state index is 11.4. The Morgan fingerprint density at radius 3 is 2.69 bits per heavy atom. The maximum Gasteiger partial charge on any atom is 0.199 e. The molecule has 0 aromatic carbocycles. The summed E-state index contributed by atoms with van der Waals surface area (Å²) < 4.78 is 5.01. The van der Waals surface area contributed by atoms with Gasteiger partial charge in [0.15, 0.2) is 5.70 Å². The van der Waals surface area contributed by atoms with E-state index in [1.807, 2.05) is 6.92 Å². The van der Waals surface area contributed by atoms with E-state index in [-0.39, 0.29) is 5.70 Å². The van der Waals surface area contributed by atoms with E-state index < -0.39 is 5.95 Å². The highest BCUT2D eigenvalue weighted by molar-refractivity contribution is 5.11. The first kappa shape index (κ1) is 14.8. The van der Waals surface area contributed by atoms with Crippen molar-refractivity contribution in [3.8, 4) is 0 Å². The smallest absolute Gasteiger partial charge is 0.199 e. The molecule has 0 heterocycles. The van der Waals surface area contributed by atoms with Crippen LogP contribution >= 0.6 is 0 Å². The maximum absolute atomic E-state index is 11.4. The van der Waals surface area contributed by atoms with Crippen molar-refractivity contribution in [2.75, 3.05) is 19.7 Å². The van der Waals surface area contributed by atoms with Gasteiger partial charge in [0, 0.05) is 6.54 Å². The molecule has 0 amide bonds. The van der Waals surface area contributed by atoms with Gasteiger partial charge in [-0.3, -0.25) is 0 Å². The number of likely N-dealkylation sites (N-methyl/N-ethyl adjacent to an activating group) is 1. The van der Waals surface area contributed by atoms with Crippen LogP contribution in [-0.2, 0) is 4.74 Å². The van der Waals surface area contributed by atoms with Crippen LogP contribution in [0, 0.1) is 12.5 Å². The van der Waals surface area contributed by atoms with Gasteiger partial charge in [-0.05, 0) is 25.5 Å². The Bertz CT molecular complexity index is 254. The standard InChI is InChI=1S/C12H22N2O2/c1-5-14-9-11(13-4)12(15)16-8-6-7-10(2)3/h10,14-15H,5-9H2,1-3H3/p-1. The molecule has 92 valence electrons. The lowest BCUT2D eigenvalue weighted by Gasteiger charge is -2.18. The van der Waals surface area contributed by atoms with Crippen molar-refractivity contribution in [3.05, 3.63) is 23.1 Å². The Morgan fingerprint density at radius 1 is 1.50 bits per heavy atom. The van der Waals surface area contributed by atoms with Crippen molar-refractivity contribution < 1.29 is 9.84 Å². The average Bonchev–Trinajstić information content (AvgIpc) is 2.25. The van der Waals surface area contributed by atoms with E-state index in [1.54, 1.807) is 0 Å². The van der Waals surface area contributed by atoms with Gasteiger partial charge in [0.05, 0.1) is 12.5 Å². The number of nitrogens with zero attached hydrogens (tertiary/aromatic N) is 1. The molecule has 0 aliphatic heterocycles. The fraction of sp³-hybridized carbons (Fsp3) is 0.750. The Kier molecular flexibility index (Phi) is 8.36. The summed E-state index contributed by atoms with van der Waals surface area (Å²) in [6.45, 7) is 14.5. The van der Waals surface area contributed by atoms with Gasteiger partial charge in [-0.1, -0.05) is 27.2 Å². The largest absolute Gasteiger partial charge is 0.623 e. The lowest BCUT2D eigenvalue weighted by Crippen LogP contribution is -2.20. The predicted octanol–water partition coefficient (Wildman–Crippen LogP) is 1.50. The van der Waals surface area contributed by atoms with Crippen molar-refractivity contribution in [2.24, 2.45) is 5.92 Å². The molecule has 0 rings (SSSR count). The van der Waals surface area contributed by atoms with Gasteiger partial charge in [0.1, 0.15) is 0 Å². The molecular formula is C12H21N2O2-. The number of rotatable bonds is 8. The summed E-state index contributed by atoms with van der Waals surface area (Å²) in [5.41, 5.74) is 0.131. The first-order chi connectivity index (χ1) is 7.61. The summed E-state index contributed by atoms with van der Waals surface area (Å²) >= 11 is 0. The fourth-order valence-electron chi connectivity index (χ4n) is 1.14. The number of hydrogen-bond acceptors (Lipinski definition) is 3. The molecule has 0 aliphatic carbocycles. The monoisotopic (exact) mass is 225 g/mol. The third kappa shape index (κ3) is 7.13. The minimum absolute atomic E-state index is 0.131. The van der Waals surface area contributed by atoms with Crippen molar-refractivity contribution in [2.45, 2.75) is 33.6 Å². The van der Waals surface area contributed by atoms with E-state index in [4.69, 9.17) is 11.3 Å². The zero-order valence-electron chi connectivity index (χ0n) is 10.4. The normalized spacial score (nSPS) is 12.2. The number of nitrogens with one attached hydrogen (secondary N) is 1. The Labute approximate surface area is 98.1 Å². The summed E-state index contributed by atoms with van der Waals surface area (Å²) in [7, 11) is 0. The molecule has 0 unspecified atom stereocenters. The third-order valence-electron chi connectivity index (χ3n) is 2.07. The molecule has 0 atom stereocenters. The van der Waals surface area contributed by atoms with E-state index in [9.17, 15) is 5.11 Å². The van der Waals surface area contributed by atoms with E-state index in [0.29, 0.717) is 19.1 Å². The predicted molar refractivity (Wildman–Crippen MR) is 62.2 cm³/mol. The van der Waals surface area contributed by atoms with Crippen LogP contribution in [0.3, 0.4) is 0 Å². The minimum Gasteiger partial charge on any atom is -0.623 e. The van der Waals surface area contributed by atoms with E-state index in [1.165, 1.54) is 0 Å². The molecule has 0 aliphatic rings. The van der Waals surface area contributed by atoms with Crippen LogP contribution in [0.15, 0.2) is 11.6 Å². The van der Waals surface area contributed by atoms with Gasteiger partial charge in [-0.25, -0.2) is 4.85 Å². The van der Waals surface area contributed by atoms with Crippen LogP contribution in [0.4, 0.5) is 0 Å². The summed E-state index contributed by atoms with van der Waals surface area (Å²) in [5, 5.41) is 14.3. The topological polar surface area (TPSA) is 48.7 Å². The van der Waals surface area contributed by atoms with Crippen molar-refractivity contribution in [1.29, 1.82) is 0 Å². The summed E-state index contributed by atoms with van der Waals surface area (Å²) in [6, 6.07) is 0. The molecular weight excluding hydrogens is 204 g/mol. The second kappa shape index (κ2) is 9.05. The quantitative estimate of drug-likeness (QED) is 0.387. The van der Waals surface area contributed by atoms with Gasteiger partial charge in [0.2, 0.25) is 0 Å².